The molecule has 0 fully saturated rings. The molecule has 1 aliphatic heterocycles. The molecule has 2 amide bonds. The molecule has 2 aliphatic rings. The number of nitrogens with zero attached hydrogens (tertiary/aromatic N) is 2. The van der Waals surface area contributed by atoms with Crippen molar-refractivity contribution in [2.45, 2.75) is 43.0 Å². The predicted octanol–water partition coefficient (Wildman–Crippen LogP) is 8.08. The number of ether oxygens (including phenoxy) is 2. The molecule has 0 bridgehead atoms. The minimum absolute atomic E-state index is 0.0127. The number of imidazole rings is 1. The Hall–Kier alpha value is -7.31. The molecule has 0 radical (unpaired) electrons. The summed E-state index contributed by atoms with van der Waals surface area (Å²) in [4.78, 5) is 56.4. The summed E-state index contributed by atoms with van der Waals surface area (Å²) in [6.45, 7) is -0.177. The van der Waals surface area contributed by atoms with E-state index in [1.807, 2.05) is 114 Å². The van der Waals surface area contributed by atoms with E-state index in [2.05, 4.69) is 47.0 Å². The summed E-state index contributed by atoms with van der Waals surface area (Å²) >= 11 is 0. The van der Waals surface area contributed by atoms with Crippen LogP contribution in [0.3, 0.4) is 0 Å². The van der Waals surface area contributed by atoms with Crippen molar-refractivity contribution in [3.8, 4) is 16.9 Å². The Kier molecular flexibility index (Phi) is 12.2. The van der Waals surface area contributed by atoms with Gasteiger partial charge in [-0.05, 0) is 56.6 Å². The molecule has 7 aromatic rings. The molecule has 3 N–H and O–H groups in total. The Morgan fingerprint density at radius 2 is 1.34 bits per heavy atom. The van der Waals surface area contributed by atoms with Gasteiger partial charge in [0, 0.05) is 30.5 Å². The fourth-order valence-electron chi connectivity index (χ4n) is 8.95. The zero-order valence-electron chi connectivity index (χ0n) is 35.3. The summed E-state index contributed by atoms with van der Waals surface area (Å²) in [6.07, 6.45) is 2.65. The van der Waals surface area contributed by atoms with Crippen LogP contribution in [0.4, 0.5) is 4.79 Å². The van der Waals surface area contributed by atoms with Crippen molar-refractivity contribution >= 4 is 25.8 Å². The summed E-state index contributed by atoms with van der Waals surface area (Å²) in [7, 11) is -3.02. The first kappa shape index (κ1) is 43.0. The van der Waals surface area contributed by atoms with Crippen molar-refractivity contribution in [3.05, 3.63) is 215 Å². The summed E-state index contributed by atoms with van der Waals surface area (Å²) in [5.41, 5.74) is 7.79. The van der Waals surface area contributed by atoms with Crippen molar-refractivity contribution in [2.24, 2.45) is 0 Å². The van der Waals surface area contributed by atoms with Gasteiger partial charge < -0.3 is 29.2 Å². The number of fused-ring (bicyclic) bond motifs is 4. The number of aromatic nitrogens is 2. The lowest BCUT2D eigenvalue weighted by molar-refractivity contribution is -0.145. The Bertz CT molecular complexity index is 2750. The van der Waals surface area contributed by atoms with Crippen molar-refractivity contribution in [1.82, 2.24) is 20.2 Å². The molecule has 0 saturated carbocycles. The highest BCUT2D eigenvalue weighted by molar-refractivity contribution is 7.47. The molecule has 3 atom stereocenters. The number of hydrogen-bond acceptors (Lipinski definition) is 9. The van der Waals surface area contributed by atoms with Crippen LogP contribution in [0.15, 0.2) is 170 Å². The van der Waals surface area contributed by atoms with Crippen molar-refractivity contribution < 1.29 is 42.4 Å². The summed E-state index contributed by atoms with van der Waals surface area (Å²) in [5, 5.41) is 5.60. The largest absolute Gasteiger partial charge is 0.527 e. The molecule has 9 rings (SSSR count). The Labute approximate surface area is 375 Å². The third kappa shape index (κ3) is 8.82. The number of nitrogens with one attached hydrogen (secondary N) is 2. The molecule has 6 aromatic carbocycles. The van der Waals surface area contributed by atoms with Crippen LogP contribution >= 0.6 is 7.82 Å². The van der Waals surface area contributed by atoms with Crippen molar-refractivity contribution in [3.63, 3.8) is 0 Å². The normalized spacial score (nSPS) is 16.2. The van der Waals surface area contributed by atoms with Crippen LogP contribution in [0, 0.1) is 0 Å². The van der Waals surface area contributed by atoms with Gasteiger partial charge in [-0.2, -0.15) is 0 Å². The number of alkyl carbamates (subject to hydrolysis) is 1. The van der Waals surface area contributed by atoms with E-state index in [1.165, 1.54) is 13.2 Å². The van der Waals surface area contributed by atoms with Gasteiger partial charge in [0.2, 0.25) is 5.91 Å². The van der Waals surface area contributed by atoms with Crippen LogP contribution in [0.1, 0.15) is 50.6 Å². The number of carbonyl (C=O) groups excluding carboxylic acids is 3. The SMILES string of the molecule is COC(=O)[C@H](Cc1ccc2c(c1)COP(=O)(O)O2)NC(=O)[C@H](Cc1cn(C(c2ccccc2)(c2ccccc2)c2ccccc2)cn1)NC(=O)OCC1c2ccccc2-c2ccccc21. The average Bonchev–Trinajstić information content (AvgIpc) is 3.93. The summed E-state index contributed by atoms with van der Waals surface area (Å²) in [6, 6.07) is 48.5. The highest BCUT2D eigenvalue weighted by atomic mass is 31.2. The molecular weight excluding hydrogens is 844 g/mol. The maximum atomic E-state index is 14.5. The van der Waals surface area contributed by atoms with Gasteiger partial charge in [-0.1, -0.05) is 146 Å². The number of rotatable bonds is 14. The standard InChI is InChI=1S/C51H45N4O9P/c1-61-49(57)46(28-34-25-26-47-35(27-34)31-63-65(59,60)64-47)53-48(56)45(54-50(58)62-32-44-42-23-13-11-21-40(42)41-22-12-14-24-43(41)44)29-39-30-55(33-52-39)51(36-15-5-2-6-16-36,37-17-7-3-8-18-37)38-19-9-4-10-20-38/h2-27,30,33,44-46H,28-29,31-32H2,1H3,(H,53,56)(H,54,58)(H,59,60)/t45-,46-/m0/s1. The van der Waals surface area contributed by atoms with Crippen LogP contribution in [-0.4, -0.2) is 58.2 Å². The molecule has 13 nitrogen and oxygen atoms in total. The van der Waals surface area contributed by atoms with E-state index in [0.29, 0.717) is 16.8 Å². The number of phosphoric acid groups is 1. The van der Waals surface area contributed by atoms with Gasteiger partial charge in [0.15, 0.2) is 0 Å². The number of methoxy groups -OCH3 is 1. The lowest BCUT2D eigenvalue weighted by Gasteiger charge is -2.37. The third-order valence-electron chi connectivity index (χ3n) is 11.9. The summed E-state index contributed by atoms with van der Waals surface area (Å²) in [5.74, 6) is -1.47. The third-order valence-corrected chi connectivity index (χ3v) is 12.8. The Morgan fingerprint density at radius 1 is 0.769 bits per heavy atom. The maximum absolute atomic E-state index is 14.5. The first-order valence-corrected chi connectivity index (χ1v) is 22.6. The van der Waals surface area contributed by atoms with Crippen LogP contribution in [-0.2, 0) is 53.1 Å². The van der Waals surface area contributed by atoms with Crippen LogP contribution in [0.25, 0.3) is 11.1 Å². The van der Waals surface area contributed by atoms with Gasteiger partial charge in [0.1, 0.15) is 30.0 Å². The summed E-state index contributed by atoms with van der Waals surface area (Å²) < 4.78 is 35.1. The van der Waals surface area contributed by atoms with Crippen LogP contribution in [0.5, 0.6) is 5.75 Å². The average molecular weight is 889 g/mol. The monoisotopic (exact) mass is 888 g/mol. The minimum atomic E-state index is -4.23. The van der Waals surface area contributed by atoms with E-state index in [0.717, 1.165) is 38.9 Å². The molecular formula is C51H45N4O9P. The second kappa shape index (κ2) is 18.4. The lowest BCUT2D eigenvalue weighted by atomic mass is 9.77. The van der Waals surface area contributed by atoms with E-state index in [-0.39, 0.29) is 37.7 Å². The highest BCUT2D eigenvalue weighted by Crippen LogP contribution is 2.50. The smallest absolute Gasteiger partial charge is 0.467 e. The van der Waals surface area contributed by atoms with E-state index >= 15 is 0 Å². The second-order valence-electron chi connectivity index (χ2n) is 15.9. The Morgan fingerprint density at radius 3 is 1.92 bits per heavy atom. The highest BCUT2D eigenvalue weighted by Gasteiger charge is 2.39. The predicted molar refractivity (Wildman–Crippen MR) is 242 cm³/mol. The molecule has 0 saturated heterocycles. The molecule has 65 heavy (non-hydrogen) atoms. The van der Waals surface area contributed by atoms with Crippen molar-refractivity contribution in [2.75, 3.05) is 13.7 Å². The Balaban J connectivity index is 1.03. The molecule has 0 spiro atoms. The molecule has 1 aromatic heterocycles. The molecule has 1 aliphatic carbocycles. The lowest BCUT2D eigenvalue weighted by Crippen LogP contribution is -2.53. The van der Waals surface area contributed by atoms with E-state index in [9.17, 15) is 23.8 Å². The van der Waals surface area contributed by atoms with E-state index in [1.54, 1.807) is 18.5 Å². The molecule has 14 heteroatoms. The molecule has 1 unspecified atom stereocenters. The zero-order chi connectivity index (χ0) is 45.0. The van der Waals surface area contributed by atoms with Crippen LogP contribution < -0.4 is 15.2 Å². The quantitative estimate of drug-likeness (QED) is 0.0552. The van der Waals surface area contributed by atoms with Gasteiger partial charge in [0.05, 0.1) is 25.7 Å². The number of amides is 2. The minimum Gasteiger partial charge on any atom is -0.467 e. The number of esters is 1. The topological polar surface area (TPSA) is 167 Å². The first-order valence-electron chi connectivity index (χ1n) is 21.1. The van der Waals surface area contributed by atoms with E-state index in [4.69, 9.17) is 23.5 Å². The maximum Gasteiger partial charge on any atom is 0.527 e. The van der Waals surface area contributed by atoms with Gasteiger partial charge in [-0.15, -0.1) is 0 Å². The van der Waals surface area contributed by atoms with Gasteiger partial charge in [-0.25, -0.2) is 19.1 Å². The number of hydrogen-bond donors (Lipinski definition) is 3. The molecule has 328 valence electrons. The number of carbonyl (C=O) groups is 3. The van der Waals surface area contributed by atoms with E-state index < -0.39 is 43.4 Å². The zero-order valence-corrected chi connectivity index (χ0v) is 36.2. The second-order valence-corrected chi connectivity index (χ2v) is 17.2. The van der Waals surface area contributed by atoms with Crippen molar-refractivity contribution in [1.29, 1.82) is 0 Å². The molecule has 2 heterocycles. The van der Waals surface area contributed by atoms with Gasteiger partial charge in [-0.3, -0.25) is 14.2 Å². The number of phosphoric ester groups is 1. The first-order chi connectivity index (χ1) is 31.6. The fraction of sp³-hybridized carbons (Fsp3) is 0.176. The number of benzene rings is 6. The van der Waals surface area contributed by atoms with Gasteiger partial charge in [0.25, 0.3) is 0 Å². The fourth-order valence-corrected chi connectivity index (χ4v) is 9.73. The van der Waals surface area contributed by atoms with Gasteiger partial charge >= 0.3 is 19.9 Å². The van der Waals surface area contributed by atoms with Crippen LogP contribution in [0.2, 0.25) is 0 Å².